The monoisotopic (exact) mass is 622 g/mol. The molecule has 0 aromatic carbocycles. The summed E-state index contributed by atoms with van der Waals surface area (Å²) < 4.78 is 12.2. The van der Waals surface area contributed by atoms with Gasteiger partial charge in [0.1, 0.15) is 24.4 Å². The summed E-state index contributed by atoms with van der Waals surface area (Å²) >= 11 is 0. The number of fused-ring (bicyclic) bond motifs is 5. The van der Waals surface area contributed by atoms with Crippen LogP contribution in [0.3, 0.4) is 0 Å². The number of aliphatic hydroxyl groups is 6. The lowest BCUT2D eigenvalue weighted by atomic mass is 9.35. The molecule has 4 aliphatic carbocycles. The Balaban J connectivity index is 1.37. The van der Waals surface area contributed by atoms with Crippen molar-refractivity contribution in [2.45, 2.75) is 162 Å². The lowest BCUT2D eigenvalue weighted by molar-refractivity contribution is -0.332. The first kappa shape index (κ1) is 34.7. The van der Waals surface area contributed by atoms with Crippen molar-refractivity contribution < 1.29 is 40.1 Å². The van der Waals surface area contributed by atoms with Gasteiger partial charge in [-0.3, -0.25) is 0 Å². The fraction of sp³-hybridized carbons (Fsp3) is 0.944. The van der Waals surface area contributed by atoms with Crippen molar-refractivity contribution >= 4 is 0 Å². The molecular weight excluding hydrogens is 560 g/mol. The fourth-order valence-corrected chi connectivity index (χ4v) is 11.9. The van der Waals surface area contributed by atoms with Crippen LogP contribution in [0.1, 0.15) is 113 Å². The van der Waals surface area contributed by atoms with Gasteiger partial charge in [-0.05, 0) is 124 Å². The zero-order chi connectivity index (χ0) is 32.6. The van der Waals surface area contributed by atoms with Gasteiger partial charge in [-0.1, -0.05) is 46.3 Å². The van der Waals surface area contributed by atoms with Crippen LogP contribution >= 0.6 is 0 Å². The highest BCUT2D eigenvalue weighted by molar-refractivity contribution is 5.20. The Morgan fingerprint density at radius 3 is 2.18 bits per heavy atom. The normalized spacial score (nSPS) is 51.5. The van der Waals surface area contributed by atoms with Crippen molar-refractivity contribution in [2.24, 2.45) is 45.3 Å². The van der Waals surface area contributed by atoms with Gasteiger partial charge in [-0.15, -0.1) is 0 Å². The molecule has 254 valence electrons. The Labute approximate surface area is 265 Å². The van der Waals surface area contributed by atoms with Gasteiger partial charge in [0.25, 0.3) is 0 Å². The van der Waals surface area contributed by atoms with E-state index in [1.165, 1.54) is 5.57 Å². The van der Waals surface area contributed by atoms with Gasteiger partial charge in [0.2, 0.25) is 0 Å². The molecule has 0 spiro atoms. The topological polar surface area (TPSA) is 140 Å². The quantitative estimate of drug-likeness (QED) is 0.182. The Morgan fingerprint density at radius 2 is 1.55 bits per heavy atom. The second kappa shape index (κ2) is 11.8. The highest BCUT2D eigenvalue weighted by Crippen LogP contribution is 2.76. The van der Waals surface area contributed by atoms with Crippen LogP contribution in [-0.4, -0.2) is 85.8 Å². The molecule has 8 nitrogen and oxygen atoms in total. The van der Waals surface area contributed by atoms with Gasteiger partial charge >= 0.3 is 0 Å². The van der Waals surface area contributed by atoms with Crippen LogP contribution in [0.25, 0.3) is 0 Å². The van der Waals surface area contributed by atoms with E-state index in [1.54, 1.807) is 0 Å². The van der Waals surface area contributed by atoms with Crippen LogP contribution in [0.2, 0.25) is 0 Å². The first-order valence-electron chi connectivity index (χ1n) is 17.3. The average Bonchev–Trinajstić information content (AvgIpc) is 3.32. The molecule has 0 amide bonds. The summed E-state index contributed by atoms with van der Waals surface area (Å²) in [6.45, 7) is 17.5. The van der Waals surface area contributed by atoms with Crippen LogP contribution in [0.5, 0.6) is 0 Å². The molecular formula is C36H62O8. The van der Waals surface area contributed by atoms with Gasteiger partial charge in [0, 0.05) is 0 Å². The van der Waals surface area contributed by atoms with Crippen molar-refractivity contribution in [2.75, 3.05) is 6.61 Å². The molecule has 5 aliphatic rings. The summed E-state index contributed by atoms with van der Waals surface area (Å²) in [5.74, 6) is 0.792. The zero-order valence-electron chi connectivity index (χ0n) is 28.5. The minimum Gasteiger partial charge on any atom is -0.394 e. The second-order valence-electron chi connectivity index (χ2n) is 17.3. The van der Waals surface area contributed by atoms with Crippen LogP contribution < -0.4 is 0 Å². The summed E-state index contributed by atoms with van der Waals surface area (Å²) in [7, 11) is 0. The number of hydrogen-bond donors (Lipinski definition) is 6. The molecule has 1 heterocycles. The van der Waals surface area contributed by atoms with Crippen LogP contribution in [-0.2, 0) is 9.47 Å². The molecule has 0 unspecified atom stereocenters. The maximum Gasteiger partial charge on any atom is 0.186 e. The van der Waals surface area contributed by atoms with E-state index < -0.39 is 49.0 Å². The van der Waals surface area contributed by atoms with Gasteiger partial charge in [-0.25, -0.2) is 0 Å². The van der Waals surface area contributed by atoms with Crippen molar-refractivity contribution in [3.8, 4) is 0 Å². The molecule has 1 saturated heterocycles. The van der Waals surface area contributed by atoms with E-state index in [4.69, 9.17) is 9.47 Å². The lowest BCUT2D eigenvalue weighted by Crippen LogP contribution is -2.67. The predicted octanol–water partition coefficient (Wildman–Crippen LogP) is 4.32. The molecule has 4 saturated carbocycles. The second-order valence-corrected chi connectivity index (χ2v) is 17.3. The third-order valence-corrected chi connectivity index (χ3v) is 14.5. The largest absolute Gasteiger partial charge is 0.394 e. The number of ether oxygens (including phenoxy) is 2. The molecule has 0 radical (unpaired) electrons. The number of rotatable bonds is 7. The molecule has 0 aromatic heterocycles. The Kier molecular flexibility index (Phi) is 9.35. The Bertz CT molecular complexity index is 1070. The first-order valence-corrected chi connectivity index (χ1v) is 17.3. The molecule has 6 N–H and O–H groups in total. The van der Waals surface area contributed by atoms with Crippen molar-refractivity contribution in [3.05, 3.63) is 11.6 Å². The SMILES string of the molecule is CC(C)=CCC[C@@](C)(O)[C@@H]1CC[C@@]2(C)[C@H]1[C@H](O)C[C@H]1[C@@]3(C)CC[C@@H](O[C@@H]4O[C@H](CO)[C@@H](O)[C@@H](O)[C@H]4O)C(C)(C)[C@H]3CC[C@]12C. The smallest absolute Gasteiger partial charge is 0.186 e. The molecule has 44 heavy (non-hydrogen) atoms. The lowest BCUT2D eigenvalue weighted by Gasteiger charge is -2.70. The molecule has 5 rings (SSSR count). The maximum atomic E-state index is 12.0. The molecule has 8 heteroatoms. The minimum absolute atomic E-state index is 0.0231. The number of allylic oxidation sites excluding steroid dienone is 2. The van der Waals surface area contributed by atoms with Crippen molar-refractivity contribution in [1.82, 2.24) is 0 Å². The molecule has 15 atom stereocenters. The number of hydrogen-bond acceptors (Lipinski definition) is 8. The highest BCUT2D eigenvalue weighted by atomic mass is 16.7. The maximum absolute atomic E-state index is 12.0. The van der Waals surface area contributed by atoms with Crippen molar-refractivity contribution in [3.63, 3.8) is 0 Å². The Morgan fingerprint density at radius 1 is 0.886 bits per heavy atom. The predicted molar refractivity (Wildman–Crippen MR) is 168 cm³/mol. The van der Waals surface area contributed by atoms with Gasteiger partial charge in [-0.2, -0.15) is 0 Å². The zero-order valence-corrected chi connectivity index (χ0v) is 28.5. The van der Waals surface area contributed by atoms with Crippen LogP contribution in [0, 0.1) is 45.3 Å². The van der Waals surface area contributed by atoms with Gasteiger partial charge < -0.3 is 40.1 Å². The van der Waals surface area contributed by atoms with E-state index in [1.807, 2.05) is 6.92 Å². The molecule has 0 bridgehead atoms. The van der Waals surface area contributed by atoms with E-state index in [-0.39, 0.29) is 39.6 Å². The summed E-state index contributed by atoms with van der Waals surface area (Å²) in [5.41, 5.74) is 0.122. The average molecular weight is 623 g/mol. The van der Waals surface area contributed by atoms with Crippen LogP contribution in [0.15, 0.2) is 11.6 Å². The van der Waals surface area contributed by atoms with Gasteiger partial charge in [0.05, 0.1) is 24.4 Å². The highest BCUT2D eigenvalue weighted by Gasteiger charge is 2.71. The third kappa shape index (κ3) is 5.26. The van der Waals surface area contributed by atoms with E-state index >= 15 is 0 Å². The van der Waals surface area contributed by atoms with E-state index in [0.29, 0.717) is 18.3 Å². The van der Waals surface area contributed by atoms with Crippen molar-refractivity contribution in [1.29, 1.82) is 0 Å². The summed E-state index contributed by atoms with van der Waals surface area (Å²) in [5, 5.41) is 64.8. The van der Waals surface area contributed by atoms with Crippen LogP contribution in [0.4, 0.5) is 0 Å². The fourth-order valence-electron chi connectivity index (χ4n) is 11.9. The Hall–Kier alpha value is -0.580. The first-order chi connectivity index (χ1) is 20.3. The summed E-state index contributed by atoms with van der Waals surface area (Å²) in [6.07, 6.45) is 3.15. The molecule has 5 fully saturated rings. The van der Waals surface area contributed by atoms with E-state index in [9.17, 15) is 30.6 Å². The van der Waals surface area contributed by atoms with Gasteiger partial charge in [0.15, 0.2) is 6.29 Å². The third-order valence-electron chi connectivity index (χ3n) is 14.5. The number of aliphatic hydroxyl groups excluding tert-OH is 5. The minimum atomic E-state index is -1.46. The van der Waals surface area contributed by atoms with E-state index in [2.05, 4.69) is 54.5 Å². The summed E-state index contributed by atoms with van der Waals surface area (Å²) in [4.78, 5) is 0. The molecule has 1 aliphatic heterocycles. The standard InChI is InChI=1S/C36H62O8/c1-20(2)10-9-14-36(8,42)21-11-16-35(7)27(21)22(38)18-25-33(5)15-13-26(32(3,4)24(33)12-17-34(25,35)6)44-31-30(41)29(40)28(39)23(19-37)43-31/h10,21-31,37-42H,9,11-19H2,1-8H3/t21-,22-,23-,24-,25+,26-,27-,28-,29-,30-,31+,33+,34-,35+,36-/m1/s1. The molecule has 0 aromatic rings. The van der Waals surface area contributed by atoms with E-state index in [0.717, 1.165) is 51.4 Å². The summed E-state index contributed by atoms with van der Waals surface area (Å²) in [6, 6.07) is 0.